The molecule has 0 aliphatic carbocycles. The molecule has 1 fully saturated rings. The van der Waals surface area contributed by atoms with Crippen molar-refractivity contribution in [2.75, 3.05) is 30.3 Å². The van der Waals surface area contributed by atoms with Crippen LogP contribution < -0.4 is 15.4 Å². The van der Waals surface area contributed by atoms with Gasteiger partial charge in [-0.1, -0.05) is 29.8 Å². The number of nitrogens with one attached hydrogen (secondary N) is 2. The van der Waals surface area contributed by atoms with Crippen molar-refractivity contribution < 1.29 is 13.9 Å². The van der Waals surface area contributed by atoms with E-state index in [1.807, 2.05) is 6.08 Å². The van der Waals surface area contributed by atoms with Gasteiger partial charge in [0.1, 0.15) is 36.1 Å². The van der Waals surface area contributed by atoms with Crippen LogP contribution in [0.15, 0.2) is 73.2 Å². The highest BCUT2D eigenvalue weighted by Gasteiger charge is 2.11. The number of amides is 1. The molecule has 1 aliphatic heterocycles. The highest BCUT2D eigenvalue weighted by atomic mass is 35.5. The van der Waals surface area contributed by atoms with Crippen molar-refractivity contribution in [3.05, 3.63) is 89.6 Å². The molecule has 4 aromatic rings. The van der Waals surface area contributed by atoms with Crippen LogP contribution in [0.2, 0.25) is 5.02 Å². The summed E-state index contributed by atoms with van der Waals surface area (Å²) in [5.74, 6) is 0.831. The lowest BCUT2D eigenvalue weighted by molar-refractivity contribution is -0.111. The number of carbonyl (C=O) groups is 1. The molecule has 0 atom stereocenters. The summed E-state index contributed by atoms with van der Waals surface area (Å²) in [5.41, 5.74) is 2.00. The third-order valence-corrected chi connectivity index (χ3v) is 6.38. The summed E-state index contributed by atoms with van der Waals surface area (Å²) in [6, 6.07) is 13.2. The van der Waals surface area contributed by atoms with E-state index < -0.39 is 0 Å². The van der Waals surface area contributed by atoms with Gasteiger partial charge in [-0.3, -0.25) is 9.69 Å². The first-order valence-corrected chi connectivity index (χ1v) is 12.7. The van der Waals surface area contributed by atoms with E-state index in [1.165, 1.54) is 37.4 Å². The van der Waals surface area contributed by atoms with Gasteiger partial charge in [0.15, 0.2) is 0 Å². The lowest BCUT2D eigenvalue weighted by atomic mass is 10.2. The Bertz CT molecular complexity index is 1480. The number of ether oxygens (including phenoxy) is 1. The van der Waals surface area contributed by atoms with Crippen LogP contribution in [-0.2, 0) is 11.4 Å². The van der Waals surface area contributed by atoms with E-state index in [9.17, 15) is 9.18 Å². The van der Waals surface area contributed by atoms with Crippen molar-refractivity contribution in [1.29, 1.82) is 0 Å². The maximum Gasteiger partial charge on any atom is 0.249 e. The van der Waals surface area contributed by atoms with E-state index in [-0.39, 0.29) is 18.3 Å². The Balaban J connectivity index is 1.26. The van der Waals surface area contributed by atoms with Crippen LogP contribution in [-0.4, -0.2) is 45.4 Å². The number of benzene rings is 2. The number of aromatic nitrogens is 3. The zero-order chi connectivity index (χ0) is 26.3. The summed E-state index contributed by atoms with van der Waals surface area (Å²) in [4.78, 5) is 27.6. The van der Waals surface area contributed by atoms with E-state index in [0.29, 0.717) is 44.6 Å². The summed E-state index contributed by atoms with van der Waals surface area (Å²) in [7, 11) is 0. The number of likely N-dealkylation sites (tertiary alicyclic amines) is 1. The van der Waals surface area contributed by atoms with Crippen LogP contribution in [0.1, 0.15) is 18.4 Å². The average molecular weight is 533 g/mol. The topological polar surface area (TPSA) is 92.3 Å². The molecule has 8 nitrogen and oxygen atoms in total. The summed E-state index contributed by atoms with van der Waals surface area (Å²) in [6.45, 7) is 3.10. The lowest BCUT2D eigenvalue weighted by Gasteiger charge is -2.12. The normalized spacial score (nSPS) is 13.7. The molecule has 1 aliphatic rings. The molecule has 5 rings (SSSR count). The lowest BCUT2D eigenvalue weighted by Crippen LogP contribution is -2.19. The van der Waals surface area contributed by atoms with Gasteiger partial charge in [-0.25, -0.2) is 19.3 Å². The molecule has 0 radical (unpaired) electrons. The fraction of sp³-hybridized carbons (Fsp3) is 0.214. The van der Waals surface area contributed by atoms with E-state index in [1.54, 1.807) is 42.6 Å². The van der Waals surface area contributed by atoms with E-state index in [4.69, 9.17) is 16.3 Å². The number of carbonyl (C=O) groups excluding carboxylic acids is 1. The molecule has 3 heterocycles. The molecule has 1 saturated heterocycles. The molecule has 2 aromatic heterocycles. The fourth-order valence-corrected chi connectivity index (χ4v) is 4.42. The predicted molar refractivity (Wildman–Crippen MR) is 146 cm³/mol. The molecule has 0 bridgehead atoms. The van der Waals surface area contributed by atoms with Crippen molar-refractivity contribution in [2.24, 2.45) is 0 Å². The van der Waals surface area contributed by atoms with Crippen LogP contribution >= 0.6 is 11.6 Å². The van der Waals surface area contributed by atoms with Crippen LogP contribution in [0, 0.1) is 5.82 Å². The van der Waals surface area contributed by atoms with Gasteiger partial charge in [0.25, 0.3) is 0 Å². The molecular formula is C28H26ClFN6O2. The van der Waals surface area contributed by atoms with Crippen LogP contribution in [0.4, 0.5) is 21.7 Å². The monoisotopic (exact) mass is 532 g/mol. The van der Waals surface area contributed by atoms with Crippen molar-refractivity contribution in [3.8, 4) is 5.75 Å². The molecule has 2 N–H and O–H groups in total. The van der Waals surface area contributed by atoms with Crippen LogP contribution in [0.5, 0.6) is 5.75 Å². The molecular weight excluding hydrogens is 507 g/mol. The Morgan fingerprint density at radius 2 is 1.97 bits per heavy atom. The summed E-state index contributed by atoms with van der Waals surface area (Å²) in [6.07, 6.45) is 8.84. The molecule has 2 aromatic carbocycles. The molecule has 38 heavy (non-hydrogen) atoms. The largest absolute Gasteiger partial charge is 0.487 e. The second-order valence-electron chi connectivity index (χ2n) is 8.90. The second kappa shape index (κ2) is 12.0. The SMILES string of the molecule is O=C(C=CCN1CCCC1)Nc1cc2c(Nc3ccc(OCc4cccc(F)c4)c(Cl)c3)ncnc2cn1. The molecule has 0 spiro atoms. The smallest absolute Gasteiger partial charge is 0.249 e. The molecule has 1 amide bonds. The molecule has 194 valence electrons. The van der Waals surface area contributed by atoms with Crippen molar-refractivity contribution in [2.45, 2.75) is 19.4 Å². The zero-order valence-electron chi connectivity index (χ0n) is 20.5. The summed E-state index contributed by atoms with van der Waals surface area (Å²) in [5, 5.41) is 7.11. The van der Waals surface area contributed by atoms with Crippen LogP contribution in [0.25, 0.3) is 10.9 Å². The number of hydrogen-bond donors (Lipinski definition) is 2. The second-order valence-corrected chi connectivity index (χ2v) is 9.30. The number of anilines is 3. The van der Waals surface area contributed by atoms with Gasteiger partial charge in [0.2, 0.25) is 5.91 Å². The van der Waals surface area contributed by atoms with Gasteiger partial charge < -0.3 is 15.4 Å². The third-order valence-electron chi connectivity index (χ3n) is 6.08. The summed E-state index contributed by atoms with van der Waals surface area (Å²) < 4.78 is 19.2. The minimum atomic E-state index is -0.319. The highest BCUT2D eigenvalue weighted by molar-refractivity contribution is 6.32. The van der Waals surface area contributed by atoms with E-state index in [0.717, 1.165) is 19.6 Å². The first kappa shape index (κ1) is 25.6. The minimum Gasteiger partial charge on any atom is -0.487 e. The van der Waals surface area contributed by atoms with Crippen LogP contribution in [0.3, 0.4) is 0 Å². The Morgan fingerprint density at radius 1 is 1.11 bits per heavy atom. The predicted octanol–water partition coefficient (Wildman–Crippen LogP) is 5.73. The minimum absolute atomic E-state index is 0.190. The summed E-state index contributed by atoms with van der Waals surface area (Å²) >= 11 is 6.44. The highest BCUT2D eigenvalue weighted by Crippen LogP contribution is 2.31. The van der Waals surface area contributed by atoms with Gasteiger partial charge >= 0.3 is 0 Å². The van der Waals surface area contributed by atoms with E-state index in [2.05, 4.69) is 30.5 Å². The molecule has 0 saturated carbocycles. The fourth-order valence-electron chi connectivity index (χ4n) is 4.19. The Labute approximate surface area is 224 Å². The number of nitrogens with zero attached hydrogens (tertiary/aromatic N) is 4. The maximum absolute atomic E-state index is 13.4. The van der Waals surface area contributed by atoms with Gasteiger partial charge in [-0.15, -0.1) is 0 Å². The Morgan fingerprint density at radius 3 is 2.79 bits per heavy atom. The van der Waals surface area contributed by atoms with Gasteiger partial charge in [0.05, 0.1) is 16.7 Å². The zero-order valence-corrected chi connectivity index (χ0v) is 21.3. The van der Waals surface area contributed by atoms with Crippen molar-refractivity contribution in [3.63, 3.8) is 0 Å². The third kappa shape index (κ3) is 6.62. The first-order valence-electron chi connectivity index (χ1n) is 12.3. The Kier molecular flexibility index (Phi) is 8.06. The number of hydrogen-bond acceptors (Lipinski definition) is 7. The standard InChI is InChI=1S/C28H26ClFN6O2/c29-23-14-21(8-9-25(23)38-17-19-5-3-6-20(30)13-19)34-28-22-15-26(31-16-24(22)32-18-33-28)35-27(37)7-4-12-36-10-1-2-11-36/h3-9,13-16,18H,1-2,10-12,17H2,(H,31,35,37)(H,32,33,34). The molecule has 0 unspecified atom stereocenters. The van der Waals surface area contributed by atoms with Crippen molar-refractivity contribution >= 4 is 45.7 Å². The van der Waals surface area contributed by atoms with Gasteiger partial charge in [0, 0.05) is 23.7 Å². The number of fused-ring (bicyclic) bond motifs is 1. The first-order chi connectivity index (χ1) is 18.5. The number of rotatable bonds is 9. The maximum atomic E-state index is 13.4. The Hall–Kier alpha value is -4.08. The van der Waals surface area contributed by atoms with Crippen molar-refractivity contribution in [1.82, 2.24) is 19.9 Å². The number of pyridine rings is 1. The molecule has 10 heteroatoms. The quantitative estimate of drug-likeness (QED) is 0.266. The van der Waals surface area contributed by atoms with Gasteiger partial charge in [-0.2, -0.15) is 0 Å². The van der Waals surface area contributed by atoms with Gasteiger partial charge in [-0.05, 0) is 67.9 Å². The number of halogens is 2. The van der Waals surface area contributed by atoms with E-state index >= 15 is 0 Å². The average Bonchev–Trinajstić information content (AvgIpc) is 3.42.